The molecule has 1 aromatic carbocycles. The summed E-state index contributed by atoms with van der Waals surface area (Å²) in [5.74, 6) is 1.33. The molecule has 1 saturated heterocycles. The minimum atomic E-state index is -3.53. The molecule has 6 nitrogen and oxygen atoms in total. The van der Waals surface area contributed by atoms with Gasteiger partial charge < -0.3 is 14.8 Å². The van der Waals surface area contributed by atoms with Crippen molar-refractivity contribution in [2.45, 2.75) is 24.3 Å². The minimum Gasteiger partial charge on any atom is -0.454 e. The summed E-state index contributed by atoms with van der Waals surface area (Å²) in [6.07, 6.45) is 0.797. The van der Waals surface area contributed by atoms with E-state index in [1.807, 2.05) is 6.92 Å². The predicted molar refractivity (Wildman–Crippen MR) is 73.3 cm³/mol. The Labute approximate surface area is 118 Å². The quantitative estimate of drug-likeness (QED) is 0.858. The number of ether oxygens (including phenoxy) is 2. The SMILES string of the molecule is CC1CNCCC1NS(=O)(=O)c1ccc2c(c1)OCO2. The topological polar surface area (TPSA) is 76.7 Å². The van der Waals surface area contributed by atoms with E-state index >= 15 is 0 Å². The Balaban J connectivity index is 1.81. The van der Waals surface area contributed by atoms with E-state index in [-0.39, 0.29) is 23.6 Å². The van der Waals surface area contributed by atoms with E-state index < -0.39 is 10.0 Å². The minimum absolute atomic E-state index is 0.0355. The van der Waals surface area contributed by atoms with Gasteiger partial charge in [-0.2, -0.15) is 0 Å². The highest BCUT2D eigenvalue weighted by Gasteiger charge is 2.27. The number of fused-ring (bicyclic) bond motifs is 1. The van der Waals surface area contributed by atoms with Crippen LogP contribution in [0.25, 0.3) is 0 Å². The Morgan fingerprint density at radius 2 is 2.10 bits per heavy atom. The van der Waals surface area contributed by atoms with Crippen molar-refractivity contribution in [1.82, 2.24) is 10.0 Å². The third kappa shape index (κ3) is 2.61. The average molecular weight is 298 g/mol. The van der Waals surface area contributed by atoms with E-state index in [4.69, 9.17) is 9.47 Å². The molecule has 0 radical (unpaired) electrons. The first-order chi connectivity index (χ1) is 9.56. The van der Waals surface area contributed by atoms with Crippen molar-refractivity contribution in [3.8, 4) is 11.5 Å². The Hall–Kier alpha value is -1.31. The van der Waals surface area contributed by atoms with Crippen molar-refractivity contribution in [3.05, 3.63) is 18.2 Å². The molecule has 0 bridgehead atoms. The number of sulfonamides is 1. The lowest BCUT2D eigenvalue weighted by atomic mass is 9.97. The van der Waals surface area contributed by atoms with Crippen molar-refractivity contribution in [2.24, 2.45) is 5.92 Å². The molecule has 2 unspecified atom stereocenters. The molecular weight excluding hydrogens is 280 g/mol. The van der Waals surface area contributed by atoms with E-state index in [2.05, 4.69) is 10.0 Å². The molecule has 2 atom stereocenters. The number of piperidine rings is 1. The van der Waals surface area contributed by atoms with Crippen molar-refractivity contribution in [2.75, 3.05) is 19.9 Å². The second-order valence-corrected chi connectivity index (χ2v) is 6.93. The number of hydrogen-bond acceptors (Lipinski definition) is 5. The number of rotatable bonds is 3. The summed E-state index contributed by atoms with van der Waals surface area (Å²) in [6, 6.07) is 4.65. The summed E-state index contributed by atoms with van der Waals surface area (Å²) in [4.78, 5) is 0.215. The zero-order valence-corrected chi connectivity index (χ0v) is 12.1. The summed E-state index contributed by atoms with van der Waals surface area (Å²) >= 11 is 0. The Morgan fingerprint density at radius 1 is 1.30 bits per heavy atom. The van der Waals surface area contributed by atoms with Crippen LogP contribution in [0.15, 0.2) is 23.1 Å². The van der Waals surface area contributed by atoms with Crippen LogP contribution in [-0.2, 0) is 10.0 Å². The van der Waals surface area contributed by atoms with Crippen LogP contribution < -0.4 is 19.5 Å². The molecule has 0 aliphatic carbocycles. The first-order valence-corrected chi connectivity index (χ1v) is 8.17. The first-order valence-electron chi connectivity index (χ1n) is 6.69. The standard InChI is InChI=1S/C13H18N2O4S/c1-9-7-14-5-4-11(9)15-20(16,17)10-2-3-12-13(6-10)19-8-18-12/h2-3,6,9,11,14-15H,4-5,7-8H2,1H3. The molecule has 20 heavy (non-hydrogen) atoms. The van der Waals surface area contributed by atoms with Crippen molar-refractivity contribution in [3.63, 3.8) is 0 Å². The summed E-state index contributed by atoms with van der Waals surface area (Å²) in [5.41, 5.74) is 0. The van der Waals surface area contributed by atoms with Gasteiger partial charge in [0.25, 0.3) is 0 Å². The van der Waals surface area contributed by atoms with Crippen molar-refractivity contribution >= 4 is 10.0 Å². The molecule has 0 amide bonds. The second kappa shape index (κ2) is 5.23. The van der Waals surface area contributed by atoms with Crippen molar-refractivity contribution < 1.29 is 17.9 Å². The van der Waals surface area contributed by atoms with Gasteiger partial charge in [0.05, 0.1) is 4.90 Å². The summed E-state index contributed by atoms with van der Waals surface area (Å²) in [7, 11) is -3.53. The van der Waals surface area contributed by atoms with Gasteiger partial charge in [-0.3, -0.25) is 0 Å². The van der Waals surface area contributed by atoms with E-state index in [0.717, 1.165) is 19.5 Å². The summed E-state index contributed by atoms with van der Waals surface area (Å²) < 4.78 is 38.0. The number of nitrogens with one attached hydrogen (secondary N) is 2. The molecule has 0 spiro atoms. The lowest BCUT2D eigenvalue weighted by Crippen LogP contribution is -2.48. The van der Waals surface area contributed by atoms with Crippen LogP contribution in [0.3, 0.4) is 0 Å². The highest BCUT2D eigenvalue weighted by atomic mass is 32.2. The monoisotopic (exact) mass is 298 g/mol. The first kappa shape index (κ1) is 13.7. The maximum absolute atomic E-state index is 12.4. The molecule has 110 valence electrons. The molecule has 1 fully saturated rings. The predicted octanol–water partition coefficient (Wildman–Crippen LogP) is 0.692. The largest absolute Gasteiger partial charge is 0.454 e. The Kier molecular flexibility index (Phi) is 3.57. The molecule has 2 aliphatic rings. The molecule has 0 saturated carbocycles. The highest BCUT2D eigenvalue weighted by molar-refractivity contribution is 7.89. The molecular formula is C13H18N2O4S. The van der Waals surface area contributed by atoms with Gasteiger partial charge in [0, 0.05) is 12.1 Å². The summed E-state index contributed by atoms with van der Waals surface area (Å²) in [6.45, 7) is 3.84. The molecule has 0 aromatic heterocycles. The Morgan fingerprint density at radius 3 is 2.90 bits per heavy atom. The van der Waals surface area contributed by atoms with Gasteiger partial charge in [0.2, 0.25) is 16.8 Å². The van der Waals surface area contributed by atoms with Gasteiger partial charge in [-0.1, -0.05) is 6.92 Å². The van der Waals surface area contributed by atoms with Crippen LogP contribution in [0, 0.1) is 5.92 Å². The number of benzene rings is 1. The molecule has 2 heterocycles. The van der Waals surface area contributed by atoms with E-state index in [9.17, 15) is 8.42 Å². The van der Waals surface area contributed by atoms with Gasteiger partial charge in [0.1, 0.15) is 0 Å². The Bertz CT molecular complexity index is 602. The van der Waals surface area contributed by atoms with Gasteiger partial charge in [-0.15, -0.1) is 0 Å². The van der Waals surface area contributed by atoms with E-state index in [1.165, 1.54) is 6.07 Å². The molecule has 7 heteroatoms. The van der Waals surface area contributed by atoms with E-state index in [0.29, 0.717) is 11.5 Å². The molecule has 2 N–H and O–H groups in total. The average Bonchev–Trinajstić information content (AvgIpc) is 2.88. The van der Waals surface area contributed by atoms with Gasteiger partial charge in [-0.25, -0.2) is 13.1 Å². The van der Waals surface area contributed by atoms with Gasteiger partial charge in [0.15, 0.2) is 11.5 Å². The fourth-order valence-corrected chi connectivity index (χ4v) is 3.89. The van der Waals surface area contributed by atoms with E-state index in [1.54, 1.807) is 12.1 Å². The van der Waals surface area contributed by atoms with Gasteiger partial charge >= 0.3 is 0 Å². The van der Waals surface area contributed by atoms with Gasteiger partial charge in [-0.05, 0) is 37.6 Å². The maximum atomic E-state index is 12.4. The third-order valence-corrected chi connectivity index (χ3v) is 5.23. The third-order valence-electron chi connectivity index (χ3n) is 3.75. The summed E-state index contributed by atoms with van der Waals surface area (Å²) in [5, 5.41) is 3.25. The van der Waals surface area contributed by atoms with Crippen LogP contribution >= 0.6 is 0 Å². The van der Waals surface area contributed by atoms with Crippen LogP contribution in [0.4, 0.5) is 0 Å². The van der Waals surface area contributed by atoms with Crippen LogP contribution in [0.1, 0.15) is 13.3 Å². The second-order valence-electron chi connectivity index (χ2n) is 5.21. The molecule has 3 rings (SSSR count). The smallest absolute Gasteiger partial charge is 0.240 e. The van der Waals surface area contributed by atoms with Crippen LogP contribution in [0.5, 0.6) is 11.5 Å². The van der Waals surface area contributed by atoms with Crippen LogP contribution in [-0.4, -0.2) is 34.3 Å². The maximum Gasteiger partial charge on any atom is 0.240 e. The lowest BCUT2D eigenvalue weighted by Gasteiger charge is -2.29. The van der Waals surface area contributed by atoms with Crippen molar-refractivity contribution in [1.29, 1.82) is 0 Å². The lowest BCUT2D eigenvalue weighted by molar-refractivity contribution is 0.174. The number of hydrogen-bond donors (Lipinski definition) is 2. The zero-order chi connectivity index (χ0) is 14.2. The normalized spacial score (nSPS) is 25.6. The fourth-order valence-electron chi connectivity index (χ4n) is 2.50. The van der Waals surface area contributed by atoms with Crippen LogP contribution in [0.2, 0.25) is 0 Å². The molecule has 1 aromatic rings. The fraction of sp³-hybridized carbons (Fsp3) is 0.538. The molecule has 2 aliphatic heterocycles. The zero-order valence-electron chi connectivity index (χ0n) is 11.3. The highest BCUT2D eigenvalue weighted by Crippen LogP contribution is 2.33.